The largest absolute Gasteiger partial charge is 0.339 e. The maximum Gasteiger partial charge on any atom is 0.262 e. The molecular weight excluding hydrogens is 458 g/mol. The van der Waals surface area contributed by atoms with Gasteiger partial charge in [-0.15, -0.1) is 11.3 Å². The predicted octanol–water partition coefficient (Wildman–Crippen LogP) is 3.78. The fourth-order valence-corrected chi connectivity index (χ4v) is 4.96. The van der Waals surface area contributed by atoms with Gasteiger partial charge >= 0.3 is 0 Å². The Morgan fingerprint density at radius 2 is 1.43 bits per heavy atom. The number of benzene rings is 2. The lowest BCUT2D eigenvalue weighted by molar-refractivity contribution is -0.140. The van der Waals surface area contributed by atoms with Crippen LogP contribution in [0.15, 0.2) is 78.2 Å². The molecular formula is C28H31N3O3S. The SMILES string of the molecule is O=C(NC(Cc1ccccc1)C(=O)N1CCN(C(=O)CCCc2ccccc2)CC1)c1cccs1. The van der Waals surface area contributed by atoms with Gasteiger partial charge in [-0.05, 0) is 35.4 Å². The van der Waals surface area contributed by atoms with Crippen molar-refractivity contribution in [3.63, 3.8) is 0 Å². The predicted molar refractivity (Wildman–Crippen MR) is 138 cm³/mol. The van der Waals surface area contributed by atoms with Gasteiger partial charge in [-0.3, -0.25) is 14.4 Å². The van der Waals surface area contributed by atoms with E-state index in [4.69, 9.17) is 0 Å². The lowest BCUT2D eigenvalue weighted by atomic mass is 10.0. The van der Waals surface area contributed by atoms with E-state index < -0.39 is 6.04 Å². The molecule has 0 spiro atoms. The van der Waals surface area contributed by atoms with Crippen LogP contribution in [0, 0.1) is 0 Å². The van der Waals surface area contributed by atoms with Gasteiger partial charge in [0.25, 0.3) is 5.91 Å². The second-order valence-corrected chi connectivity index (χ2v) is 9.69. The molecule has 1 saturated heterocycles. The van der Waals surface area contributed by atoms with Gasteiger partial charge in [0.15, 0.2) is 0 Å². The van der Waals surface area contributed by atoms with Crippen molar-refractivity contribution in [2.75, 3.05) is 26.2 Å². The Labute approximate surface area is 210 Å². The lowest BCUT2D eigenvalue weighted by Crippen LogP contribution is -2.56. The molecule has 35 heavy (non-hydrogen) atoms. The number of nitrogens with zero attached hydrogens (tertiary/aromatic N) is 2. The van der Waals surface area contributed by atoms with E-state index in [1.165, 1.54) is 16.9 Å². The van der Waals surface area contributed by atoms with Crippen LogP contribution < -0.4 is 5.32 Å². The van der Waals surface area contributed by atoms with Crippen LogP contribution in [-0.4, -0.2) is 59.7 Å². The van der Waals surface area contributed by atoms with Crippen LogP contribution in [0.3, 0.4) is 0 Å². The third-order valence-corrected chi connectivity index (χ3v) is 7.14. The molecule has 1 atom stereocenters. The number of carbonyl (C=O) groups excluding carboxylic acids is 3. The number of carbonyl (C=O) groups is 3. The molecule has 2 heterocycles. The minimum atomic E-state index is -0.653. The van der Waals surface area contributed by atoms with Crippen LogP contribution in [0.5, 0.6) is 0 Å². The number of nitrogens with one attached hydrogen (secondary N) is 1. The standard InChI is InChI=1S/C28H31N3O3S/c32-26(15-7-13-22-9-3-1-4-10-22)30-16-18-31(19-17-30)28(34)24(21-23-11-5-2-6-12-23)29-27(33)25-14-8-20-35-25/h1-6,8-12,14,20,24H,7,13,15-19,21H2,(H,29,33). The summed E-state index contributed by atoms with van der Waals surface area (Å²) in [7, 11) is 0. The fraction of sp³-hybridized carbons (Fsp3) is 0.321. The maximum absolute atomic E-state index is 13.4. The minimum absolute atomic E-state index is 0.102. The molecule has 3 amide bonds. The average molecular weight is 490 g/mol. The molecule has 2 aromatic carbocycles. The number of thiophene rings is 1. The molecule has 1 N–H and O–H groups in total. The minimum Gasteiger partial charge on any atom is -0.339 e. The molecule has 1 fully saturated rings. The van der Waals surface area contributed by atoms with E-state index in [0.29, 0.717) is 43.9 Å². The first-order valence-corrected chi connectivity index (χ1v) is 13.0. The molecule has 0 saturated carbocycles. The normalized spacial score (nSPS) is 14.4. The van der Waals surface area contributed by atoms with E-state index in [9.17, 15) is 14.4 Å². The molecule has 1 aromatic heterocycles. The summed E-state index contributed by atoms with van der Waals surface area (Å²) in [5, 5.41) is 4.79. The van der Waals surface area contributed by atoms with E-state index in [1.807, 2.05) is 64.9 Å². The molecule has 1 aliphatic rings. The van der Waals surface area contributed by atoms with Crippen molar-refractivity contribution in [2.45, 2.75) is 31.7 Å². The number of amides is 3. The van der Waals surface area contributed by atoms with E-state index in [1.54, 1.807) is 11.0 Å². The quantitative estimate of drug-likeness (QED) is 0.497. The molecule has 0 aliphatic carbocycles. The fourth-order valence-electron chi connectivity index (χ4n) is 4.33. The molecule has 182 valence electrons. The van der Waals surface area contributed by atoms with Gasteiger partial charge in [-0.25, -0.2) is 0 Å². The summed E-state index contributed by atoms with van der Waals surface area (Å²) in [6, 6.07) is 22.8. The Kier molecular flexibility index (Phi) is 8.68. The van der Waals surface area contributed by atoms with Crippen LogP contribution in [0.1, 0.15) is 33.6 Å². The first-order chi connectivity index (χ1) is 17.1. The highest BCUT2D eigenvalue weighted by Gasteiger charge is 2.30. The maximum atomic E-state index is 13.4. The van der Waals surface area contributed by atoms with Gasteiger partial charge < -0.3 is 15.1 Å². The Morgan fingerprint density at radius 1 is 0.800 bits per heavy atom. The van der Waals surface area contributed by atoms with Crippen molar-refractivity contribution in [1.82, 2.24) is 15.1 Å². The highest BCUT2D eigenvalue weighted by atomic mass is 32.1. The lowest BCUT2D eigenvalue weighted by Gasteiger charge is -2.36. The summed E-state index contributed by atoms with van der Waals surface area (Å²) < 4.78 is 0. The van der Waals surface area contributed by atoms with E-state index in [0.717, 1.165) is 18.4 Å². The molecule has 6 nitrogen and oxygen atoms in total. The number of piperazine rings is 1. The average Bonchev–Trinajstić information content (AvgIpc) is 3.45. The molecule has 1 unspecified atom stereocenters. The Balaban J connectivity index is 1.31. The van der Waals surface area contributed by atoms with Crippen molar-refractivity contribution < 1.29 is 14.4 Å². The molecule has 3 aromatic rings. The van der Waals surface area contributed by atoms with Crippen molar-refractivity contribution in [3.8, 4) is 0 Å². The highest BCUT2D eigenvalue weighted by molar-refractivity contribution is 7.12. The number of hydrogen-bond donors (Lipinski definition) is 1. The summed E-state index contributed by atoms with van der Waals surface area (Å²) in [4.78, 5) is 43.0. The smallest absolute Gasteiger partial charge is 0.262 e. The molecule has 1 aliphatic heterocycles. The molecule has 4 rings (SSSR count). The van der Waals surface area contributed by atoms with Crippen LogP contribution >= 0.6 is 11.3 Å². The van der Waals surface area contributed by atoms with E-state index in [-0.39, 0.29) is 17.7 Å². The Hall–Kier alpha value is -3.45. The number of rotatable bonds is 9. The monoisotopic (exact) mass is 489 g/mol. The summed E-state index contributed by atoms with van der Waals surface area (Å²) in [5.74, 6) is -0.198. The van der Waals surface area contributed by atoms with Crippen LogP contribution in [-0.2, 0) is 22.4 Å². The van der Waals surface area contributed by atoms with Crippen molar-refractivity contribution in [1.29, 1.82) is 0 Å². The van der Waals surface area contributed by atoms with Crippen LogP contribution in [0.2, 0.25) is 0 Å². The zero-order valence-electron chi connectivity index (χ0n) is 19.8. The Bertz CT molecular complexity index is 1100. The van der Waals surface area contributed by atoms with Gasteiger partial charge in [0.2, 0.25) is 11.8 Å². The first kappa shape index (κ1) is 24.7. The van der Waals surface area contributed by atoms with Crippen molar-refractivity contribution in [3.05, 3.63) is 94.2 Å². The molecule has 0 bridgehead atoms. The number of aryl methyl sites for hydroxylation is 1. The Morgan fingerprint density at radius 3 is 2.06 bits per heavy atom. The third-order valence-electron chi connectivity index (χ3n) is 6.27. The summed E-state index contributed by atoms with van der Waals surface area (Å²) in [6.45, 7) is 1.99. The van der Waals surface area contributed by atoms with Crippen LogP contribution in [0.4, 0.5) is 0 Å². The van der Waals surface area contributed by atoms with Crippen molar-refractivity contribution >= 4 is 29.1 Å². The zero-order valence-corrected chi connectivity index (χ0v) is 20.6. The third kappa shape index (κ3) is 7.02. The van der Waals surface area contributed by atoms with E-state index >= 15 is 0 Å². The first-order valence-electron chi connectivity index (χ1n) is 12.1. The van der Waals surface area contributed by atoms with Crippen LogP contribution in [0.25, 0.3) is 0 Å². The zero-order chi connectivity index (χ0) is 24.5. The molecule has 7 heteroatoms. The molecule has 0 radical (unpaired) electrons. The van der Waals surface area contributed by atoms with Gasteiger partial charge in [0, 0.05) is 39.0 Å². The van der Waals surface area contributed by atoms with Gasteiger partial charge in [-0.2, -0.15) is 0 Å². The van der Waals surface area contributed by atoms with Gasteiger partial charge in [0.1, 0.15) is 6.04 Å². The second kappa shape index (κ2) is 12.3. The summed E-state index contributed by atoms with van der Waals surface area (Å²) in [5.41, 5.74) is 2.23. The second-order valence-electron chi connectivity index (χ2n) is 8.74. The topological polar surface area (TPSA) is 69.7 Å². The van der Waals surface area contributed by atoms with Crippen molar-refractivity contribution in [2.24, 2.45) is 0 Å². The summed E-state index contributed by atoms with van der Waals surface area (Å²) in [6.07, 6.45) is 2.64. The number of hydrogen-bond acceptors (Lipinski definition) is 4. The van der Waals surface area contributed by atoms with E-state index in [2.05, 4.69) is 17.4 Å². The summed E-state index contributed by atoms with van der Waals surface area (Å²) >= 11 is 1.35. The van der Waals surface area contributed by atoms with Gasteiger partial charge in [0.05, 0.1) is 4.88 Å². The van der Waals surface area contributed by atoms with Gasteiger partial charge in [-0.1, -0.05) is 66.7 Å². The highest BCUT2D eigenvalue weighted by Crippen LogP contribution is 2.14.